The van der Waals surface area contributed by atoms with Gasteiger partial charge in [-0.2, -0.15) is 0 Å². The Morgan fingerprint density at radius 1 is 0.844 bits per heavy atom. The summed E-state index contributed by atoms with van der Waals surface area (Å²) in [5.41, 5.74) is 0.224. The highest BCUT2D eigenvalue weighted by molar-refractivity contribution is 6.86. The highest BCUT2D eigenvalue weighted by Crippen LogP contribution is 2.33. The molecule has 32 heavy (non-hydrogen) atoms. The second-order valence-electron chi connectivity index (χ2n) is 11.3. The molecule has 7 nitrogen and oxygen atoms in total. The number of esters is 1. The molecular weight excluding hydrogens is 509 g/mol. The first kappa shape index (κ1) is 31.9. The van der Waals surface area contributed by atoms with Gasteiger partial charge in [-0.15, -0.1) is 0 Å². The smallest absolute Gasteiger partial charge is 0.334 e. The van der Waals surface area contributed by atoms with Crippen LogP contribution in [0.3, 0.4) is 0 Å². The Kier molecular flexibility index (Phi) is 13.6. The van der Waals surface area contributed by atoms with Crippen molar-refractivity contribution in [3.63, 3.8) is 0 Å². The topological polar surface area (TPSA) is 91.3 Å². The number of hydrogen-bond acceptors (Lipinski definition) is 6. The molecule has 1 N–H and O–H groups in total. The van der Waals surface area contributed by atoms with Crippen molar-refractivity contribution >= 4 is 66.2 Å². The van der Waals surface area contributed by atoms with Gasteiger partial charge in [-0.25, -0.2) is 4.79 Å². The molecule has 0 radical (unpaired) electrons. The molecule has 0 fully saturated rings. The first-order valence-corrected chi connectivity index (χ1v) is 25.5. The molecule has 0 unspecified atom stereocenters. The average molecular weight is 555 g/mol. The Morgan fingerprint density at radius 2 is 1.25 bits per heavy atom. The standard InChI is InChI=1S/C19H46O7Si6/c1-11-23-18(22)16(15-17(20)21)13-12-14-19(27-24-30(2,3)4,28-25-31(5,6)7)29-26-32(8,9)10/h13H,11-12,14-15,27-29H2,1-10H3,(H,20,21). The Hall–Kier alpha value is -0.139. The molecule has 0 aliphatic rings. The van der Waals surface area contributed by atoms with Crippen molar-refractivity contribution in [3.05, 3.63) is 11.6 Å². The lowest BCUT2D eigenvalue weighted by Crippen LogP contribution is -2.47. The largest absolute Gasteiger partial charge is 0.481 e. The van der Waals surface area contributed by atoms with E-state index in [2.05, 4.69) is 58.9 Å². The van der Waals surface area contributed by atoms with Gasteiger partial charge >= 0.3 is 11.9 Å². The van der Waals surface area contributed by atoms with Gasteiger partial charge in [0, 0.05) is 9.86 Å². The zero-order valence-corrected chi connectivity index (χ0v) is 29.2. The number of hydrogen-bond donors (Lipinski definition) is 1. The maximum Gasteiger partial charge on any atom is 0.334 e. The minimum Gasteiger partial charge on any atom is -0.481 e. The Morgan fingerprint density at radius 3 is 1.56 bits per heavy atom. The Bertz CT molecular complexity index is 590. The molecule has 0 aliphatic carbocycles. The van der Waals surface area contributed by atoms with E-state index in [-0.39, 0.29) is 22.9 Å². The van der Waals surface area contributed by atoms with Crippen LogP contribution in [0.1, 0.15) is 26.2 Å². The molecule has 0 aromatic carbocycles. The molecule has 0 bridgehead atoms. The summed E-state index contributed by atoms with van der Waals surface area (Å²) in [6, 6.07) is 0. The highest BCUT2D eigenvalue weighted by atomic mass is 28.4. The number of allylic oxidation sites excluding steroid dienone is 1. The maximum atomic E-state index is 12.2. The molecule has 0 rings (SSSR count). The molecule has 0 heterocycles. The number of aliphatic carboxylic acids is 1. The first-order chi connectivity index (χ1) is 14.4. The van der Waals surface area contributed by atoms with E-state index in [0.29, 0.717) is 6.42 Å². The van der Waals surface area contributed by atoms with Gasteiger partial charge in [0.2, 0.25) is 0 Å². The van der Waals surface area contributed by atoms with Crippen molar-refractivity contribution in [1.82, 2.24) is 0 Å². The van der Waals surface area contributed by atoms with Gasteiger partial charge in [0.15, 0.2) is 54.2 Å². The Labute approximate surface area is 205 Å². The fraction of sp³-hybridized carbons (Fsp3) is 0.789. The summed E-state index contributed by atoms with van der Waals surface area (Å²) in [6.07, 6.45) is 2.91. The number of carboxylic acids is 1. The van der Waals surface area contributed by atoms with Crippen LogP contribution in [-0.4, -0.2) is 77.9 Å². The molecule has 0 aromatic heterocycles. The molecule has 0 aromatic rings. The van der Waals surface area contributed by atoms with E-state index < -0.39 is 66.2 Å². The predicted octanol–water partition coefficient (Wildman–Crippen LogP) is 2.61. The third kappa shape index (κ3) is 16.5. The second-order valence-corrected chi connectivity index (χ2v) is 35.8. The van der Waals surface area contributed by atoms with Crippen LogP contribution in [0.15, 0.2) is 11.6 Å². The number of carbonyl (C=O) groups is 2. The van der Waals surface area contributed by atoms with Crippen molar-refractivity contribution < 1.29 is 31.8 Å². The molecule has 0 amide bonds. The van der Waals surface area contributed by atoms with Crippen LogP contribution in [0.5, 0.6) is 0 Å². The number of carboxylic acid groups (broad SMARTS) is 1. The van der Waals surface area contributed by atoms with Gasteiger partial charge in [0.1, 0.15) is 0 Å². The summed E-state index contributed by atoms with van der Waals surface area (Å²) >= 11 is 0. The summed E-state index contributed by atoms with van der Waals surface area (Å²) in [5, 5.41) is 9.21. The molecule has 0 saturated carbocycles. The van der Waals surface area contributed by atoms with Gasteiger partial charge in [0.25, 0.3) is 0 Å². The van der Waals surface area contributed by atoms with E-state index in [0.717, 1.165) is 6.42 Å². The van der Waals surface area contributed by atoms with Crippen molar-refractivity contribution in [2.45, 2.75) is 89.4 Å². The van der Waals surface area contributed by atoms with E-state index in [9.17, 15) is 14.7 Å². The average Bonchev–Trinajstić information content (AvgIpc) is 2.59. The van der Waals surface area contributed by atoms with Crippen LogP contribution in [0, 0.1) is 0 Å². The molecule has 13 heteroatoms. The first-order valence-electron chi connectivity index (χ1n) is 11.4. The second kappa shape index (κ2) is 13.7. The highest BCUT2D eigenvalue weighted by Gasteiger charge is 2.38. The van der Waals surface area contributed by atoms with Gasteiger partial charge in [-0.1, -0.05) is 6.08 Å². The molecule has 0 saturated heterocycles. The minimum absolute atomic E-state index is 0.0420. The summed E-state index contributed by atoms with van der Waals surface area (Å²) in [4.78, 5) is 23.5. The zero-order chi connectivity index (χ0) is 25.2. The van der Waals surface area contributed by atoms with Crippen molar-refractivity contribution in [1.29, 1.82) is 0 Å². The van der Waals surface area contributed by atoms with Crippen LogP contribution in [0.25, 0.3) is 0 Å². The number of rotatable bonds is 16. The van der Waals surface area contributed by atoms with Crippen molar-refractivity contribution in [2.24, 2.45) is 0 Å². The van der Waals surface area contributed by atoms with Crippen LogP contribution in [-0.2, 0) is 26.7 Å². The van der Waals surface area contributed by atoms with E-state index in [1.54, 1.807) is 13.0 Å². The van der Waals surface area contributed by atoms with Crippen LogP contribution in [0.2, 0.25) is 63.2 Å². The fourth-order valence-electron chi connectivity index (χ4n) is 2.62. The van der Waals surface area contributed by atoms with Gasteiger partial charge < -0.3 is 22.2 Å². The van der Waals surface area contributed by atoms with Gasteiger partial charge in [-0.05, 0) is 78.7 Å². The van der Waals surface area contributed by atoms with Crippen LogP contribution < -0.4 is 0 Å². The Balaban J connectivity index is 5.83. The summed E-state index contributed by atoms with van der Waals surface area (Å²) in [5.74, 6) is -1.57. The minimum atomic E-state index is -1.68. The fourth-order valence-corrected chi connectivity index (χ4v) is 19.0. The lowest BCUT2D eigenvalue weighted by molar-refractivity contribution is -0.142. The predicted molar refractivity (Wildman–Crippen MR) is 148 cm³/mol. The van der Waals surface area contributed by atoms with E-state index >= 15 is 0 Å². The number of carbonyl (C=O) groups excluding carboxylic acids is 1. The summed E-state index contributed by atoms with van der Waals surface area (Å²) in [7, 11) is -7.74. The normalized spacial score (nSPS) is 16.5. The van der Waals surface area contributed by atoms with Gasteiger partial charge in [0.05, 0.1) is 13.0 Å². The maximum absolute atomic E-state index is 12.2. The SMILES string of the molecule is CCOC(=O)C(=CCCC([SiH2]O[Si](C)(C)C)([SiH2]O[Si](C)(C)C)[SiH2]O[Si](C)(C)C)CC(=O)O. The number of ether oxygens (including phenoxy) is 1. The van der Waals surface area contributed by atoms with Crippen LogP contribution >= 0.6 is 0 Å². The van der Waals surface area contributed by atoms with E-state index in [4.69, 9.17) is 17.1 Å². The lowest BCUT2D eigenvalue weighted by atomic mass is 10.1. The molecule has 0 atom stereocenters. The van der Waals surface area contributed by atoms with E-state index in [1.807, 2.05) is 0 Å². The quantitative estimate of drug-likeness (QED) is 0.178. The zero-order valence-electron chi connectivity index (χ0n) is 21.9. The third-order valence-electron chi connectivity index (χ3n) is 4.38. The molecule has 0 aliphatic heterocycles. The summed E-state index contributed by atoms with van der Waals surface area (Å²) in [6.45, 7) is 21.9. The molecule has 188 valence electrons. The van der Waals surface area contributed by atoms with E-state index in [1.165, 1.54) is 0 Å². The van der Waals surface area contributed by atoms with Crippen LogP contribution in [0.4, 0.5) is 0 Å². The molecule has 0 spiro atoms. The monoisotopic (exact) mass is 554 g/mol. The lowest BCUT2D eigenvalue weighted by Gasteiger charge is -2.38. The van der Waals surface area contributed by atoms with Crippen molar-refractivity contribution in [2.75, 3.05) is 6.61 Å². The molecular formula is C19H46O7Si6. The third-order valence-corrected chi connectivity index (χ3v) is 23.1. The van der Waals surface area contributed by atoms with Gasteiger partial charge in [-0.3, -0.25) is 4.79 Å². The summed E-state index contributed by atoms with van der Waals surface area (Å²) < 4.78 is 24.7. The van der Waals surface area contributed by atoms with Crippen molar-refractivity contribution in [3.8, 4) is 0 Å².